The number of carbonyl (C=O) groups is 3. The summed E-state index contributed by atoms with van der Waals surface area (Å²) < 4.78 is 14.2. The first-order chi connectivity index (χ1) is 11.8. The summed E-state index contributed by atoms with van der Waals surface area (Å²) in [6.07, 6.45) is 0. The molecule has 0 bridgehead atoms. The molecule has 140 valence electrons. The third kappa shape index (κ3) is 4.68. The highest BCUT2D eigenvalue weighted by Crippen LogP contribution is 2.20. The number of hydrogen-bond donors (Lipinski definition) is 2. The number of nitrogens with zero attached hydrogens (tertiary/aromatic N) is 2. The van der Waals surface area contributed by atoms with E-state index in [1.165, 1.54) is 25.1 Å². The summed E-state index contributed by atoms with van der Waals surface area (Å²) in [5.41, 5.74) is 9.53. The maximum Gasteiger partial charge on any atom is 0.342 e. The Morgan fingerprint density at radius 1 is 1.35 bits per heavy atom. The van der Waals surface area contributed by atoms with Crippen LogP contribution in [0.2, 0.25) is 0 Å². The molecule has 0 aliphatic carbocycles. The fourth-order valence-corrected chi connectivity index (χ4v) is 1.74. The van der Waals surface area contributed by atoms with Gasteiger partial charge >= 0.3 is 11.9 Å². The lowest BCUT2D eigenvalue weighted by Gasteiger charge is -2.10. The fraction of sp³-hybridized carbons (Fsp3) is 0.214. The normalized spacial score (nSPS) is 11.2. The molecule has 11 nitrogen and oxygen atoms in total. The molecule has 12 heteroatoms. The van der Waals surface area contributed by atoms with E-state index in [1.54, 1.807) is 6.07 Å². The van der Waals surface area contributed by atoms with Gasteiger partial charge in [0.25, 0.3) is 17.3 Å². The molecule has 1 atom stereocenters. The lowest BCUT2D eigenvalue weighted by Crippen LogP contribution is -2.35. The van der Waals surface area contributed by atoms with Crippen molar-refractivity contribution in [3.8, 4) is 5.75 Å². The number of primary amides is 1. The van der Waals surface area contributed by atoms with E-state index >= 15 is 0 Å². The summed E-state index contributed by atoms with van der Waals surface area (Å²) in [6, 6.07) is 4.93. The van der Waals surface area contributed by atoms with E-state index in [0.29, 0.717) is 0 Å². The Bertz CT molecular complexity index is 821. The number of hydrogen-bond acceptors (Lipinski definition) is 9. The van der Waals surface area contributed by atoms with Gasteiger partial charge in [-0.25, -0.2) is 9.59 Å². The molecule has 4 N–H and O–H groups in total. The molecule has 0 aliphatic rings. The molecule has 0 radical (unpaired) electrons. The molecule has 1 heterocycles. The van der Waals surface area contributed by atoms with Gasteiger partial charge in [0.1, 0.15) is 17.4 Å². The van der Waals surface area contributed by atoms with Crippen LogP contribution in [0.5, 0.6) is 5.75 Å². The van der Waals surface area contributed by atoms with E-state index in [4.69, 9.17) is 20.9 Å². The first-order valence-corrected chi connectivity index (χ1v) is 6.93. The van der Waals surface area contributed by atoms with Crippen molar-refractivity contribution in [3.63, 3.8) is 0 Å². The van der Waals surface area contributed by atoms with Crippen molar-refractivity contribution in [1.82, 2.24) is 5.16 Å². The summed E-state index contributed by atoms with van der Waals surface area (Å²) in [7, 11) is 0. The van der Waals surface area contributed by atoms with Gasteiger partial charge in [0.2, 0.25) is 0 Å². The van der Waals surface area contributed by atoms with Crippen LogP contribution in [0.25, 0.3) is 0 Å². The number of nitrogens with two attached hydrogens (primary N) is 2. The number of para-hydroxylation sites is 1. The zero-order chi connectivity index (χ0) is 18.6. The predicted octanol–water partition coefficient (Wildman–Crippen LogP) is -0.562. The second-order valence-electron chi connectivity index (χ2n) is 4.87. The molecule has 2 aromatic rings. The highest BCUT2D eigenvalue weighted by Gasteiger charge is 2.26. The monoisotopic (exact) mass is 386 g/mol. The zero-order valence-electron chi connectivity index (χ0n) is 13.4. The first-order valence-electron chi connectivity index (χ1n) is 6.93. The standard InChI is InChI=1S/C14H14N4O7.ClH/c1-7(15)13(20)24-10-5-3-2-4-8(10)14(21)23-6-9-11(12(16)19)18(22)25-17-9;/h2-5,7H,6,15H2,1H3,(H2,16,19);1H/t7-;/m0./s1. The van der Waals surface area contributed by atoms with Crippen molar-refractivity contribution in [1.29, 1.82) is 0 Å². The van der Waals surface area contributed by atoms with Crippen LogP contribution >= 0.6 is 12.4 Å². The predicted molar refractivity (Wildman–Crippen MR) is 86.1 cm³/mol. The Kier molecular flexibility index (Phi) is 7.05. The fourth-order valence-electron chi connectivity index (χ4n) is 1.74. The molecule has 0 aliphatic heterocycles. The van der Waals surface area contributed by atoms with Gasteiger partial charge in [0.15, 0.2) is 6.61 Å². The molecule has 2 rings (SSSR count). The van der Waals surface area contributed by atoms with Crippen LogP contribution in [-0.2, 0) is 16.1 Å². The summed E-state index contributed by atoms with van der Waals surface area (Å²) in [4.78, 5) is 34.7. The SMILES string of the molecule is C[C@H](N)C(=O)Oc1ccccc1C(=O)OCc1no[n+]([O-])c1C(N)=O.Cl. The summed E-state index contributed by atoms with van der Waals surface area (Å²) in [6.45, 7) is 0.878. The van der Waals surface area contributed by atoms with Crippen LogP contribution in [-0.4, -0.2) is 29.0 Å². The van der Waals surface area contributed by atoms with Crippen molar-refractivity contribution >= 4 is 30.3 Å². The van der Waals surface area contributed by atoms with Crippen molar-refractivity contribution < 1.29 is 33.4 Å². The number of rotatable bonds is 6. The highest BCUT2D eigenvalue weighted by atomic mass is 35.5. The largest absolute Gasteiger partial charge is 0.453 e. The lowest BCUT2D eigenvalue weighted by molar-refractivity contribution is -0.803. The number of benzene rings is 1. The van der Waals surface area contributed by atoms with Crippen molar-refractivity contribution in [2.45, 2.75) is 19.6 Å². The van der Waals surface area contributed by atoms with E-state index in [1.807, 2.05) is 0 Å². The van der Waals surface area contributed by atoms with Crippen LogP contribution in [0.4, 0.5) is 0 Å². The number of carbonyl (C=O) groups excluding carboxylic acids is 3. The minimum Gasteiger partial charge on any atom is -0.453 e. The molecule has 1 aromatic carbocycles. The molecular formula is C14H15ClN4O7. The second kappa shape index (κ2) is 8.78. The Balaban J connectivity index is 0.00000338. The maximum absolute atomic E-state index is 12.2. The van der Waals surface area contributed by atoms with E-state index in [-0.39, 0.29) is 34.3 Å². The highest BCUT2D eigenvalue weighted by molar-refractivity contribution is 5.94. The quantitative estimate of drug-likeness (QED) is 0.374. The molecule has 0 fully saturated rings. The van der Waals surface area contributed by atoms with E-state index in [2.05, 4.69) is 9.79 Å². The maximum atomic E-state index is 12.2. The van der Waals surface area contributed by atoms with Gasteiger partial charge in [-0.2, -0.15) is 0 Å². The van der Waals surface area contributed by atoms with Gasteiger partial charge in [0, 0.05) is 5.16 Å². The first kappa shape index (κ1) is 20.9. The molecule has 0 spiro atoms. The minimum atomic E-state index is -1.09. The van der Waals surface area contributed by atoms with E-state index < -0.39 is 36.2 Å². The number of halogens is 1. The number of ether oxygens (including phenoxy) is 2. The summed E-state index contributed by atoms with van der Waals surface area (Å²) in [5, 5.41) is 14.5. The van der Waals surface area contributed by atoms with E-state index in [9.17, 15) is 19.6 Å². The molecule has 0 saturated carbocycles. The average molecular weight is 387 g/mol. The molecule has 0 unspecified atom stereocenters. The van der Waals surface area contributed by atoms with E-state index in [0.717, 1.165) is 0 Å². The van der Waals surface area contributed by atoms with Crippen molar-refractivity contribution in [2.24, 2.45) is 11.5 Å². The molecular weight excluding hydrogens is 372 g/mol. The Labute approximate surface area is 152 Å². The average Bonchev–Trinajstić information content (AvgIpc) is 2.93. The van der Waals surface area contributed by atoms with Gasteiger partial charge < -0.3 is 26.1 Å². The lowest BCUT2D eigenvalue weighted by atomic mass is 10.2. The molecule has 1 amide bonds. The second-order valence-corrected chi connectivity index (χ2v) is 4.87. The zero-order valence-corrected chi connectivity index (χ0v) is 14.2. The summed E-state index contributed by atoms with van der Waals surface area (Å²) in [5.74, 6) is -2.76. The topological polar surface area (TPSA) is 175 Å². The summed E-state index contributed by atoms with van der Waals surface area (Å²) >= 11 is 0. The molecule has 26 heavy (non-hydrogen) atoms. The Morgan fingerprint density at radius 2 is 2.00 bits per heavy atom. The third-order valence-corrected chi connectivity index (χ3v) is 2.94. The van der Waals surface area contributed by atoms with Gasteiger partial charge in [-0.05, 0) is 24.0 Å². The smallest absolute Gasteiger partial charge is 0.342 e. The van der Waals surface area contributed by atoms with Gasteiger partial charge in [-0.1, -0.05) is 12.1 Å². The van der Waals surface area contributed by atoms with Crippen LogP contribution in [0.3, 0.4) is 0 Å². The Hall–Kier alpha value is -3.18. The van der Waals surface area contributed by atoms with Crippen molar-refractivity contribution in [3.05, 3.63) is 46.4 Å². The molecule has 1 aromatic heterocycles. The van der Waals surface area contributed by atoms with Crippen molar-refractivity contribution in [2.75, 3.05) is 0 Å². The third-order valence-electron chi connectivity index (χ3n) is 2.94. The number of amides is 1. The number of aromatic nitrogens is 2. The van der Waals surface area contributed by atoms with Crippen LogP contribution in [0, 0.1) is 5.21 Å². The van der Waals surface area contributed by atoms with Crippen LogP contribution in [0.15, 0.2) is 28.9 Å². The minimum absolute atomic E-state index is 0. The van der Waals surface area contributed by atoms with Gasteiger partial charge in [0.05, 0.1) is 0 Å². The van der Waals surface area contributed by atoms with Gasteiger partial charge in [-0.15, -0.1) is 12.4 Å². The Morgan fingerprint density at radius 3 is 2.62 bits per heavy atom. The van der Waals surface area contributed by atoms with Crippen LogP contribution in [0.1, 0.15) is 33.5 Å². The van der Waals surface area contributed by atoms with Crippen LogP contribution < -0.4 is 21.1 Å². The van der Waals surface area contributed by atoms with Gasteiger partial charge in [-0.3, -0.25) is 9.42 Å². The number of esters is 2. The molecule has 0 saturated heterocycles.